The predicted molar refractivity (Wildman–Crippen MR) is 33.2 cm³/mol. The van der Waals surface area contributed by atoms with Crippen LogP contribution in [0.5, 0.6) is 0 Å². The first kappa shape index (κ1) is 11.7. The molecule has 1 atom stereocenters. The minimum absolute atomic E-state index is 0. The van der Waals surface area contributed by atoms with Gasteiger partial charge in [-0.25, -0.2) is 0 Å². The Morgan fingerprint density at radius 2 is 2.25 bits per heavy atom. The second-order valence-corrected chi connectivity index (χ2v) is 3.31. The van der Waals surface area contributed by atoms with Crippen molar-refractivity contribution in [3.8, 4) is 12.3 Å². The summed E-state index contributed by atoms with van der Waals surface area (Å²) in [6.45, 7) is 1.72. The smallest absolute Gasteiger partial charge is 0.0742 e. The standard InChI is InChI=1S/C5H9OP.Y/c1-3-4-5-7(2)6;/h1,7H,4-5H2,2H3;. The molecule has 0 aliphatic rings. The van der Waals surface area contributed by atoms with E-state index in [2.05, 4.69) is 5.92 Å². The first-order valence-corrected chi connectivity index (χ1v) is 4.32. The zero-order chi connectivity index (χ0) is 5.70. The van der Waals surface area contributed by atoms with Crippen LogP contribution >= 0.6 is 7.80 Å². The van der Waals surface area contributed by atoms with Gasteiger partial charge < -0.3 is 4.57 Å². The third-order valence-electron chi connectivity index (χ3n) is 0.621. The molecule has 1 nitrogen and oxygen atoms in total. The quantitative estimate of drug-likeness (QED) is 0.488. The van der Waals surface area contributed by atoms with Gasteiger partial charge in [0.05, 0.1) is 7.80 Å². The Balaban J connectivity index is 0. The van der Waals surface area contributed by atoms with E-state index in [0.29, 0.717) is 12.6 Å². The van der Waals surface area contributed by atoms with Crippen LogP contribution in [0, 0.1) is 12.3 Å². The van der Waals surface area contributed by atoms with Gasteiger partial charge in [-0.05, 0) is 6.66 Å². The van der Waals surface area contributed by atoms with Crippen LogP contribution in [0.2, 0.25) is 0 Å². The Labute approximate surface area is 76.3 Å². The van der Waals surface area contributed by atoms with Crippen LogP contribution in [-0.4, -0.2) is 12.8 Å². The van der Waals surface area contributed by atoms with Gasteiger partial charge in [0.15, 0.2) is 0 Å². The number of hydrogen-bond acceptors (Lipinski definition) is 1. The van der Waals surface area contributed by atoms with Crippen LogP contribution < -0.4 is 0 Å². The van der Waals surface area contributed by atoms with Gasteiger partial charge in [0, 0.05) is 45.3 Å². The Hall–Kier alpha value is 0.894. The molecule has 0 heterocycles. The van der Waals surface area contributed by atoms with Gasteiger partial charge in [0.2, 0.25) is 0 Å². The van der Waals surface area contributed by atoms with Crippen molar-refractivity contribution in [2.75, 3.05) is 12.8 Å². The normalized spacial score (nSPS) is 11.0. The van der Waals surface area contributed by atoms with Crippen molar-refractivity contribution in [3.63, 3.8) is 0 Å². The molecular formula is C5H9OPY. The summed E-state index contributed by atoms with van der Waals surface area (Å²) in [5, 5.41) is 0. The predicted octanol–water partition coefficient (Wildman–Crippen LogP) is 1.20. The molecular weight excluding hydrogens is 196 g/mol. The van der Waals surface area contributed by atoms with Gasteiger partial charge in [-0.15, -0.1) is 12.3 Å². The molecule has 0 bridgehead atoms. The zero-order valence-electron chi connectivity index (χ0n) is 4.98. The van der Waals surface area contributed by atoms with E-state index in [4.69, 9.17) is 6.42 Å². The fourth-order valence-corrected chi connectivity index (χ4v) is 0.745. The molecule has 0 spiro atoms. The average molecular weight is 205 g/mol. The van der Waals surface area contributed by atoms with Crippen molar-refractivity contribution in [1.29, 1.82) is 0 Å². The molecule has 8 heavy (non-hydrogen) atoms. The van der Waals surface area contributed by atoms with Crippen LogP contribution in [0.1, 0.15) is 6.42 Å². The van der Waals surface area contributed by atoms with Crippen LogP contribution in [0.25, 0.3) is 0 Å². The van der Waals surface area contributed by atoms with E-state index in [0.717, 1.165) is 0 Å². The second kappa shape index (κ2) is 7.89. The molecule has 1 radical (unpaired) electrons. The van der Waals surface area contributed by atoms with Gasteiger partial charge in [-0.1, -0.05) is 0 Å². The van der Waals surface area contributed by atoms with E-state index in [1.54, 1.807) is 6.66 Å². The fourth-order valence-electron chi connectivity index (χ4n) is 0.248. The van der Waals surface area contributed by atoms with E-state index in [-0.39, 0.29) is 32.7 Å². The summed E-state index contributed by atoms with van der Waals surface area (Å²) >= 11 is 0. The van der Waals surface area contributed by atoms with Crippen LogP contribution in [-0.2, 0) is 37.3 Å². The summed E-state index contributed by atoms with van der Waals surface area (Å²) < 4.78 is 10.3. The maximum Gasteiger partial charge on any atom is 0.0742 e. The fraction of sp³-hybridized carbons (Fsp3) is 0.600. The molecule has 0 aromatic rings. The first-order chi connectivity index (χ1) is 3.27. The minimum atomic E-state index is -1.29. The minimum Gasteiger partial charge on any atom is -0.327 e. The molecule has 43 valence electrons. The van der Waals surface area contributed by atoms with Gasteiger partial charge in [0.1, 0.15) is 0 Å². The summed E-state index contributed by atoms with van der Waals surface area (Å²) in [4.78, 5) is 0. The molecule has 1 unspecified atom stereocenters. The van der Waals surface area contributed by atoms with Crippen molar-refractivity contribution in [1.82, 2.24) is 0 Å². The third-order valence-corrected chi connectivity index (χ3v) is 1.58. The van der Waals surface area contributed by atoms with E-state index in [9.17, 15) is 4.57 Å². The van der Waals surface area contributed by atoms with Crippen molar-refractivity contribution in [2.24, 2.45) is 0 Å². The summed E-state index contributed by atoms with van der Waals surface area (Å²) in [5.74, 6) is 2.42. The average Bonchev–Trinajstić information content (AvgIpc) is 1.61. The van der Waals surface area contributed by atoms with Gasteiger partial charge in [0.25, 0.3) is 0 Å². The Morgan fingerprint density at radius 1 is 1.75 bits per heavy atom. The molecule has 0 N–H and O–H groups in total. The molecule has 0 aliphatic heterocycles. The maximum absolute atomic E-state index is 10.3. The Morgan fingerprint density at radius 3 is 2.38 bits per heavy atom. The molecule has 0 aromatic heterocycles. The number of rotatable bonds is 2. The SMILES string of the molecule is C#CCC[PH](C)=O.[Y]. The second-order valence-electron chi connectivity index (χ2n) is 1.41. The molecule has 0 amide bonds. The molecule has 0 fully saturated rings. The number of terminal acetylenes is 1. The van der Waals surface area contributed by atoms with Crippen LogP contribution in [0.4, 0.5) is 0 Å². The molecule has 0 rings (SSSR count). The molecule has 3 heteroatoms. The molecule has 0 aromatic carbocycles. The maximum atomic E-state index is 10.3. The topological polar surface area (TPSA) is 17.1 Å². The zero-order valence-corrected chi connectivity index (χ0v) is 8.82. The third kappa shape index (κ3) is 10.00. The van der Waals surface area contributed by atoms with Gasteiger partial charge in [-0.3, -0.25) is 0 Å². The van der Waals surface area contributed by atoms with E-state index in [1.807, 2.05) is 0 Å². The van der Waals surface area contributed by atoms with Crippen LogP contribution in [0.3, 0.4) is 0 Å². The van der Waals surface area contributed by atoms with E-state index >= 15 is 0 Å². The van der Waals surface area contributed by atoms with Gasteiger partial charge in [-0.2, -0.15) is 0 Å². The van der Waals surface area contributed by atoms with Crippen LogP contribution in [0.15, 0.2) is 0 Å². The first-order valence-electron chi connectivity index (χ1n) is 2.20. The van der Waals surface area contributed by atoms with E-state index in [1.165, 1.54) is 0 Å². The summed E-state index contributed by atoms with van der Waals surface area (Å²) in [5.41, 5.74) is 0. The molecule has 0 aliphatic carbocycles. The van der Waals surface area contributed by atoms with Crippen molar-refractivity contribution in [3.05, 3.63) is 0 Å². The Kier molecular flexibility index (Phi) is 11.5. The van der Waals surface area contributed by atoms with Crippen molar-refractivity contribution >= 4 is 7.80 Å². The van der Waals surface area contributed by atoms with E-state index < -0.39 is 7.80 Å². The molecule has 0 saturated carbocycles. The van der Waals surface area contributed by atoms with Crippen molar-refractivity contribution in [2.45, 2.75) is 6.42 Å². The molecule has 0 saturated heterocycles. The van der Waals surface area contributed by atoms with Crippen molar-refractivity contribution < 1.29 is 37.3 Å². The summed E-state index contributed by atoms with van der Waals surface area (Å²) in [6.07, 6.45) is 6.27. The summed E-state index contributed by atoms with van der Waals surface area (Å²) in [6, 6.07) is 0. The largest absolute Gasteiger partial charge is 0.327 e. The monoisotopic (exact) mass is 205 g/mol. The number of hydrogen-bond donors (Lipinski definition) is 0. The Bertz CT molecular complexity index is 105. The van der Waals surface area contributed by atoms with Gasteiger partial charge >= 0.3 is 0 Å². The summed E-state index contributed by atoms with van der Waals surface area (Å²) in [7, 11) is -1.29.